The largest absolute Gasteiger partial charge is 0.423 e. The molecule has 4 rings (SSSR count). The molecule has 5 nitrogen and oxygen atoms in total. The van der Waals surface area contributed by atoms with Gasteiger partial charge in [-0.25, -0.2) is 0 Å². The summed E-state index contributed by atoms with van der Waals surface area (Å²) >= 11 is 0. The maximum absolute atomic E-state index is 12.7. The van der Waals surface area contributed by atoms with E-state index >= 15 is 0 Å². The fourth-order valence-corrected chi connectivity index (χ4v) is 3.95. The number of hydrogen-bond donors (Lipinski definition) is 1. The molecule has 1 aliphatic rings. The minimum atomic E-state index is -0.0685. The smallest absolute Gasteiger partial charge is 0.298 e. The van der Waals surface area contributed by atoms with E-state index in [9.17, 15) is 4.79 Å². The molecule has 0 bridgehead atoms. The van der Waals surface area contributed by atoms with Gasteiger partial charge in [0.1, 0.15) is 5.52 Å². The summed E-state index contributed by atoms with van der Waals surface area (Å²) < 4.78 is 5.88. The van der Waals surface area contributed by atoms with Crippen LogP contribution in [0, 0.1) is 5.92 Å². The fourth-order valence-electron chi connectivity index (χ4n) is 3.95. The molecule has 0 aliphatic carbocycles. The molecule has 0 saturated carbocycles. The number of anilines is 1. The van der Waals surface area contributed by atoms with Crippen molar-refractivity contribution in [3.05, 3.63) is 60.2 Å². The average Bonchev–Trinajstić information content (AvgIpc) is 3.18. The Morgan fingerprint density at radius 3 is 2.57 bits per heavy atom. The quantitative estimate of drug-likeness (QED) is 0.694. The maximum atomic E-state index is 12.7. The first kappa shape index (κ1) is 18.5. The number of nitrogens with one attached hydrogen (secondary N) is 1. The van der Waals surface area contributed by atoms with Gasteiger partial charge in [-0.2, -0.15) is 4.98 Å². The number of oxazole rings is 1. The molecule has 2 heterocycles. The second-order valence-corrected chi connectivity index (χ2v) is 7.51. The van der Waals surface area contributed by atoms with Crippen LogP contribution in [0.25, 0.3) is 11.1 Å². The Balaban J connectivity index is 1.29. The van der Waals surface area contributed by atoms with Gasteiger partial charge in [0.15, 0.2) is 5.58 Å². The number of piperidine rings is 1. The number of nitrogens with zero attached hydrogens (tertiary/aromatic N) is 2. The molecule has 1 amide bonds. The molecule has 1 aromatic heterocycles. The summed E-state index contributed by atoms with van der Waals surface area (Å²) in [7, 11) is 0. The molecule has 5 heteroatoms. The Morgan fingerprint density at radius 1 is 1.14 bits per heavy atom. The Labute approximate surface area is 165 Å². The Morgan fingerprint density at radius 2 is 1.86 bits per heavy atom. The van der Waals surface area contributed by atoms with Gasteiger partial charge in [-0.15, -0.1) is 0 Å². The third-order valence-corrected chi connectivity index (χ3v) is 5.66. The molecule has 0 spiro atoms. The molecule has 1 aliphatic heterocycles. The standard InChI is InChI=1S/C23H27N3O2/c1-2-19(18-8-4-3-5-9-18)22(27)24-16-17-12-14-26(15-13-17)23-25-20-10-6-7-11-21(20)28-23/h3-11,17,19H,2,12-16H2,1H3,(H,24,27). The van der Waals surface area contributed by atoms with Gasteiger partial charge >= 0.3 is 0 Å². The van der Waals surface area contributed by atoms with Gasteiger partial charge in [0.2, 0.25) is 5.91 Å². The fraction of sp³-hybridized carbons (Fsp3) is 0.391. The van der Waals surface area contributed by atoms with E-state index in [1.54, 1.807) is 0 Å². The first-order chi connectivity index (χ1) is 13.7. The van der Waals surface area contributed by atoms with Crippen molar-refractivity contribution >= 4 is 23.0 Å². The van der Waals surface area contributed by atoms with Gasteiger partial charge in [-0.3, -0.25) is 4.79 Å². The number of carbonyl (C=O) groups excluding carboxylic acids is 1. The van der Waals surface area contributed by atoms with Gasteiger partial charge in [0, 0.05) is 19.6 Å². The van der Waals surface area contributed by atoms with Crippen molar-refractivity contribution in [2.75, 3.05) is 24.5 Å². The van der Waals surface area contributed by atoms with Crippen LogP contribution in [0.1, 0.15) is 37.7 Å². The van der Waals surface area contributed by atoms with Gasteiger partial charge in [0.05, 0.1) is 5.92 Å². The number of aromatic nitrogens is 1. The number of hydrogen-bond acceptors (Lipinski definition) is 4. The first-order valence-corrected chi connectivity index (χ1v) is 10.2. The molecular formula is C23H27N3O2. The molecule has 1 unspecified atom stereocenters. The molecule has 0 radical (unpaired) electrons. The Kier molecular flexibility index (Phi) is 5.60. The van der Waals surface area contributed by atoms with Crippen molar-refractivity contribution in [1.82, 2.24) is 10.3 Å². The van der Waals surface area contributed by atoms with Crippen LogP contribution < -0.4 is 10.2 Å². The third kappa shape index (κ3) is 4.03. The SMILES string of the molecule is CCC(C(=O)NCC1CCN(c2nc3ccccc3o2)CC1)c1ccccc1. The number of benzene rings is 2. The minimum absolute atomic E-state index is 0.0685. The van der Waals surface area contributed by atoms with Crippen LogP contribution in [0.15, 0.2) is 59.0 Å². The van der Waals surface area contributed by atoms with Crippen molar-refractivity contribution in [3.63, 3.8) is 0 Å². The van der Waals surface area contributed by atoms with Crippen LogP contribution in [0.2, 0.25) is 0 Å². The minimum Gasteiger partial charge on any atom is -0.423 e. The van der Waals surface area contributed by atoms with E-state index in [2.05, 4.69) is 22.1 Å². The third-order valence-electron chi connectivity index (χ3n) is 5.66. The maximum Gasteiger partial charge on any atom is 0.298 e. The van der Waals surface area contributed by atoms with E-state index in [0.29, 0.717) is 11.9 Å². The van der Waals surface area contributed by atoms with Gasteiger partial charge < -0.3 is 14.6 Å². The number of para-hydroxylation sites is 2. The second-order valence-electron chi connectivity index (χ2n) is 7.51. The van der Waals surface area contributed by atoms with Crippen LogP contribution in [-0.2, 0) is 4.79 Å². The van der Waals surface area contributed by atoms with Crippen LogP contribution in [0.3, 0.4) is 0 Å². The number of amides is 1. The number of fused-ring (bicyclic) bond motifs is 1. The molecule has 1 fully saturated rings. The lowest BCUT2D eigenvalue weighted by Crippen LogP contribution is -2.40. The topological polar surface area (TPSA) is 58.4 Å². The molecule has 2 aromatic carbocycles. The summed E-state index contributed by atoms with van der Waals surface area (Å²) in [5.74, 6) is 0.564. The summed E-state index contributed by atoms with van der Waals surface area (Å²) in [6.07, 6.45) is 2.87. The van der Waals surface area contributed by atoms with Gasteiger partial charge in [-0.1, -0.05) is 49.4 Å². The van der Waals surface area contributed by atoms with Crippen molar-refractivity contribution < 1.29 is 9.21 Å². The Bertz CT molecular complexity index is 881. The molecule has 3 aromatic rings. The highest BCUT2D eigenvalue weighted by molar-refractivity contribution is 5.83. The van der Waals surface area contributed by atoms with E-state index < -0.39 is 0 Å². The Hall–Kier alpha value is -2.82. The average molecular weight is 377 g/mol. The normalized spacial score (nSPS) is 16.2. The van der Waals surface area contributed by atoms with E-state index in [4.69, 9.17) is 4.42 Å². The number of rotatable bonds is 6. The zero-order valence-electron chi connectivity index (χ0n) is 16.3. The lowest BCUT2D eigenvalue weighted by atomic mass is 9.94. The highest BCUT2D eigenvalue weighted by atomic mass is 16.4. The first-order valence-electron chi connectivity index (χ1n) is 10.2. The van der Waals surface area contributed by atoms with Crippen molar-refractivity contribution in [2.24, 2.45) is 5.92 Å². The molecule has 28 heavy (non-hydrogen) atoms. The highest BCUT2D eigenvalue weighted by Gasteiger charge is 2.24. The molecular weight excluding hydrogens is 350 g/mol. The zero-order valence-corrected chi connectivity index (χ0v) is 16.3. The summed E-state index contributed by atoms with van der Waals surface area (Å²) in [5.41, 5.74) is 2.82. The molecule has 1 N–H and O–H groups in total. The van der Waals surface area contributed by atoms with Crippen LogP contribution in [-0.4, -0.2) is 30.5 Å². The van der Waals surface area contributed by atoms with E-state index in [-0.39, 0.29) is 11.8 Å². The van der Waals surface area contributed by atoms with Crippen molar-refractivity contribution in [1.29, 1.82) is 0 Å². The van der Waals surface area contributed by atoms with E-state index in [1.807, 2.05) is 54.6 Å². The summed E-state index contributed by atoms with van der Waals surface area (Å²) in [6, 6.07) is 18.6. The van der Waals surface area contributed by atoms with Crippen LogP contribution in [0.5, 0.6) is 0 Å². The number of carbonyl (C=O) groups is 1. The lowest BCUT2D eigenvalue weighted by Gasteiger charge is -2.31. The zero-order chi connectivity index (χ0) is 19.3. The molecule has 146 valence electrons. The highest BCUT2D eigenvalue weighted by Crippen LogP contribution is 2.26. The predicted molar refractivity (Wildman–Crippen MR) is 111 cm³/mol. The monoisotopic (exact) mass is 377 g/mol. The van der Waals surface area contributed by atoms with Crippen LogP contribution in [0.4, 0.5) is 6.01 Å². The molecule has 1 saturated heterocycles. The van der Waals surface area contributed by atoms with Gasteiger partial charge in [0.25, 0.3) is 6.01 Å². The predicted octanol–water partition coefficient (Wildman–Crippen LogP) is 4.35. The van der Waals surface area contributed by atoms with Crippen molar-refractivity contribution in [2.45, 2.75) is 32.1 Å². The van der Waals surface area contributed by atoms with Crippen LogP contribution >= 0.6 is 0 Å². The van der Waals surface area contributed by atoms with E-state index in [1.165, 1.54) is 0 Å². The van der Waals surface area contributed by atoms with Crippen molar-refractivity contribution in [3.8, 4) is 0 Å². The van der Waals surface area contributed by atoms with Gasteiger partial charge in [-0.05, 0) is 42.9 Å². The summed E-state index contributed by atoms with van der Waals surface area (Å²) in [4.78, 5) is 19.5. The summed E-state index contributed by atoms with van der Waals surface area (Å²) in [5, 5.41) is 3.18. The van der Waals surface area contributed by atoms with E-state index in [0.717, 1.165) is 55.6 Å². The summed E-state index contributed by atoms with van der Waals surface area (Å²) in [6.45, 7) is 4.62. The lowest BCUT2D eigenvalue weighted by molar-refractivity contribution is -0.122. The second kappa shape index (κ2) is 8.46. The molecule has 1 atom stereocenters.